The number of phosphoric ester groups is 1. The molecule has 0 saturated heterocycles. The number of rotatable bonds is 20. The molecule has 6 heteroatoms. The quantitative estimate of drug-likeness (QED) is 0.148. The fraction of sp³-hybridized carbons (Fsp3) is 1.00. The van der Waals surface area contributed by atoms with Gasteiger partial charge in [0.25, 0.3) is 7.82 Å². The van der Waals surface area contributed by atoms with Crippen LogP contribution in [0.15, 0.2) is 0 Å². The summed E-state index contributed by atoms with van der Waals surface area (Å²) in [6.07, 6.45) is 16.1. The molecular weight excluding hydrogens is 361 g/mol. The minimum absolute atomic E-state index is 0.194. The molecule has 1 atom stereocenters. The van der Waals surface area contributed by atoms with Crippen LogP contribution in [0.25, 0.3) is 0 Å². The van der Waals surface area contributed by atoms with Crippen molar-refractivity contribution in [3.63, 3.8) is 0 Å². The van der Waals surface area contributed by atoms with Crippen LogP contribution in [0.4, 0.5) is 0 Å². The lowest BCUT2D eigenvalue weighted by Gasteiger charge is -2.31. The van der Waals surface area contributed by atoms with Crippen LogP contribution in [-0.4, -0.2) is 44.9 Å². The second kappa shape index (κ2) is 17.0. The molecule has 0 radical (unpaired) electrons. The van der Waals surface area contributed by atoms with Gasteiger partial charge in [0.2, 0.25) is 0 Å². The Labute approximate surface area is 169 Å². The number of phosphoric acid groups is 1. The van der Waals surface area contributed by atoms with Crippen LogP contribution in [0.3, 0.4) is 0 Å². The molecule has 0 aromatic carbocycles. The van der Waals surface area contributed by atoms with Gasteiger partial charge < -0.3 is 18.4 Å². The molecule has 0 amide bonds. The highest BCUT2D eigenvalue weighted by Crippen LogP contribution is 2.38. The van der Waals surface area contributed by atoms with E-state index in [2.05, 4.69) is 27.9 Å². The van der Waals surface area contributed by atoms with Gasteiger partial charge in [-0.15, -0.1) is 0 Å². The highest BCUT2D eigenvalue weighted by molar-refractivity contribution is 7.45. The van der Waals surface area contributed by atoms with E-state index in [1.807, 2.05) is 0 Å². The zero-order valence-corrected chi connectivity index (χ0v) is 19.4. The van der Waals surface area contributed by atoms with Crippen molar-refractivity contribution < 1.29 is 23.0 Å². The van der Waals surface area contributed by atoms with Gasteiger partial charge in [0.15, 0.2) is 0 Å². The Morgan fingerprint density at radius 1 is 0.667 bits per heavy atom. The molecule has 0 aliphatic rings. The zero-order chi connectivity index (χ0) is 20.4. The Morgan fingerprint density at radius 2 is 1.11 bits per heavy atom. The number of hydrogen-bond acceptors (Lipinski definition) is 4. The van der Waals surface area contributed by atoms with Crippen molar-refractivity contribution in [3.8, 4) is 0 Å². The van der Waals surface area contributed by atoms with Crippen LogP contribution >= 0.6 is 7.82 Å². The number of hydrogen-bond donors (Lipinski definition) is 0. The van der Waals surface area contributed by atoms with Gasteiger partial charge >= 0.3 is 0 Å². The highest BCUT2D eigenvalue weighted by atomic mass is 31.2. The van der Waals surface area contributed by atoms with E-state index in [1.165, 1.54) is 64.2 Å². The fourth-order valence-corrected chi connectivity index (χ4v) is 3.84. The van der Waals surface area contributed by atoms with Crippen LogP contribution in [-0.2, 0) is 13.6 Å². The monoisotopic (exact) mass is 407 g/mol. The Hall–Kier alpha value is 0.0700. The first-order valence-corrected chi connectivity index (χ1v) is 12.7. The summed E-state index contributed by atoms with van der Waals surface area (Å²) in [5.74, 6) is 0. The van der Waals surface area contributed by atoms with E-state index in [1.54, 1.807) is 0 Å². The molecule has 0 bridgehead atoms. The molecule has 0 aliphatic carbocycles. The second-order valence-electron chi connectivity index (χ2n) is 8.39. The molecule has 0 saturated carbocycles. The van der Waals surface area contributed by atoms with Crippen LogP contribution in [0.2, 0.25) is 0 Å². The summed E-state index contributed by atoms with van der Waals surface area (Å²) in [4.78, 5) is 11.7. The lowest BCUT2D eigenvalue weighted by molar-refractivity contribution is -0.890. The van der Waals surface area contributed by atoms with Gasteiger partial charge in [-0.1, -0.05) is 78.1 Å². The van der Waals surface area contributed by atoms with Gasteiger partial charge in [-0.25, -0.2) is 0 Å². The van der Waals surface area contributed by atoms with Gasteiger partial charge in [0.05, 0.1) is 27.2 Å². The third-order valence-electron chi connectivity index (χ3n) is 5.06. The summed E-state index contributed by atoms with van der Waals surface area (Å²) in [5.41, 5.74) is 0. The van der Waals surface area contributed by atoms with Gasteiger partial charge in [0, 0.05) is 0 Å². The zero-order valence-electron chi connectivity index (χ0n) is 18.5. The first kappa shape index (κ1) is 27.1. The minimum Gasteiger partial charge on any atom is -0.756 e. The highest BCUT2D eigenvalue weighted by Gasteiger charge is 2.17. The Bertz CT molecular complexity index is 377. The van der Waals surface area contributed by atoms with E-state index in [9.17, 15) is 9.46 Å². The standard InChI is InChI=1S/C21H46NO4P/c1-5-7-9-10-11-12-13-14-15-16-18-22(3,4)19-21-26-27(23,24)25-20-17-8-6-2/h5-21H2,1-4H3. The summed E-state index contributed by atoms with van der Waals surface area (Å²) < 4.78 is 22.4. The van der Waals surface area contributed by atoms with Crippen molar-refractivity contribution in [2.24, 2.45) is 0 Å². The molecule has 0 heterocycles. The molecule has 164 valence electrons. The maximum atomic E-state index is 11.7. The van der Waals surface area contributed by atoms with E-state index in [4.69, 9.17) is 9.05 Å². The Morgan fingerprint density at radius 3 is 1.67 bits per heavy atom. The molecule has 0 fully saturated rings. The predicted octanol–water partition coefficient (Wildman–Crippen LogP) is 5.68. The maximum absolute atomic E-state index is 11.7. The minimum atomic E-state index is -4.13. The van der Waals surface area contributed by atoms with Crippen LogP contribution in [0.1, 0.15) is 97.3 Å². The van der Waals surface area contributed by atoms with Crippen LogP contribution in [0, 0.1) is 0 Å². The SMILES string of the molecule is CCCCCCCCCCCC[N+](C)(C)CCOP(=O)([O-])OCCCCC. The first-order chi connectivity index (χ1) is 12.8. The maximum Gasteiger partial charge on any atom is 0.268 e. The average Bonchev–Trinajstić information content (AvgIpc) is 2.60. The third kappa shape index (κ3) is 19.2. The lowest BCUT2D eigenvalue weighted by Crippen LogP contribution is -2.43. The molecule has 1 unspecified atom stereocenters. The number of quaternary nitrogens is 1. The molecule has 27 heavy (non-hydrogen) atoms. The molecule has 0 N–H and O–H groups in total. The van der Waals surface area contributed by atoms with E-state index >= 15 is 0 Å². The molecule has 0 aromatic rings. The van der Waals surface area contributed by atoms with Crippen molar-refractivity contribution in [2.45, 2.75) is 97.3 Å². The summed E-state index contributed by atoms with van der Waals surface area (Å²) in [6.45, 7) is 6.49. The van der Waals surface area contributed by atoms with E-state index < -0.39 is 7.82 Å². The largest absolute Gasteiger partial charge is 0.756 e. The van der Waals surface area contributed by atoms with E-state index in [0.29, 0.717) is 6.54 Å². The summed E-state index contributed by atoms with van der Waals surface area (Å²) >= 11 is 0. The molecular formula is C21H46NO4P. The van der Waals surface area contributed by atoms with Crippen molar-refractivity contribution in [2.75, 3.05) is 40.4 Å². The molecule has 0 rings (SSSR count). The topological polar surface area (TPSA) is 58.6 Å². The number of unbranched alkanes of at least 4 members (excludes halogenated alkanes) is 11. The summed E-state index contributed by atoms with van der Waals surface area (Å²) in [6, 6.07) is 0. The van der Waals surface area contributed by atoms with Crippen molar-refractivity contribution in [1.82, 2.24) is 0 Å². The fourth-order valence-electron chi connectivity index (χ4n) is 3.10. The number of likely N-dealkylation sites (N-methyl/N-ethyl adjacent to an activating group) is 1. The molecule has 0 aromatic heterocycles. The van der Waals surface area contributed by atoms with Crippen molar-refractivity contribution in [3.05, 3.63) is 0 Å². The lowest BCUT2D eigenvalue weighted by atomic mass is 10.1. The molecule has 0 spiro atoms. The summed E-state index contributed by atoms with van der Waals surface area (Å²) in [7, 11) is 0.134. The van der Waals surface area contributed by atoms with Gasteiger partial charge in [0.1, 0.15) is 13.2 Å². The van der Waals surface area contributed by atoms with Crippen molar-refractivity contribution in [1.29, 1.82) is 0 Å². The summed E-state index contributed by atoms with van der Waals surface area (Å²) in [5, 5.41) is 0. The van der Waals surface area contributed by atoms with Crippen molar-refractivity contribution >= 4 is 7.82 Å². The molecule has 5 nitrogen and oxygen atoms in total. The first-order valence-electron chi connectivity index (χ1n) is 11.2. The second-order valence-corrected chi connectivity index (χ2v) is 9.80. The predicted molar refractivity (Wildman–Crippen MR) is 113 cm³/mol. The van der Waals surface area contributed by atoms with Gasteiger partial charge in [-0.2, -0.15) is 0 Å². The normalized spacial score (nSPS) is 14.4. The Kier molecular flexibility index (Phi) is 17.0. The average molecular weight is 408 g/mol. The number of nitrogens with zero attached hydrogens (tertiary/aromatic N) is 1. The molecule has 0 aliphatic heterocycles. The smallest absolute Gasteiger partial charge is 0.268 e. The van der Waals surface area contributed by atoms with Gasteiger partial charge in [-0.3, -0.25) is 4.57 Å². The third-order valence-corrected chi connectivity index (χ3v) is 6.06. The van der Waals surface area contributed by atoms with E-state index in [0.717, 1.165) is 30.3 Å². The van der Waals surface area contributed by atoms with Crippen LogP contribution < -0.4 is 4.89 Å². The Balaban J connectivity index is 3.63. The van der Waals surface area contributed by atoms with Gasteiger partial charge in [-0.05, 0) is 19.3 Å². The van der Waals surface area contributed by atoms with E-state index in [-0.39, 0.29) is 13.2 Å². The van der Waals surface area contributed by atoms with Crippen LogP contribution in [0.5, 0.6) is 0 Å².